The number of amides is 3. The molecule has 3 amide bonds. The van der Waals surface area contributed by atoms with E-state index in [2.05, 4.69) is 65.3 Å². The second-order valence-electron chi connectivity index (χ2n) is 20.6. The van der Waals surface area contributed by atoms with Crippen LogP contribution in [0.2, 0.25) is 0 Å². The van der Waals surface area contributed by atoms with Crippen LogP contribution in [-0.2, 0) is 28.0 Å². The number of aliphatic hydroxyl groups excluding tert-OH is 1. The molecule has 10 rings (SSSR count). The van der Waals surface area contributed by atoms with Crippen molar-refractivity contribution < 1.29 is 24.6 Å². The van der Waals surface area contributed by atoms with Crippen molar-refractivity contribution in [2.45, 2.75) is 89.6 Å². The molecule has 0 spiro atoms. The molecule has 0 bridgehead atoms. The van der Waals surface area contributed by atoms with Crippen LogP contribution < -0.4 is 25.8 Å². The summed E-state index contributed by atoms with van der Waals surface area (Å²) in [5.41, 5.74) is 7.70. The lowest BCUT2D eigenvalue weighted by atomic mass is 9.77. The number of carbonyl (C=O) groups is 3. The van der Waals surface area contributed by atoms with Crippen LogP contribution in [0.15, 0.2) is 104 Å². The molecule has 6 aromatic rings. The summed E-state index contributed by atoms with van der Waals surface area (Å²) in [6, 6.07) is 26.0. The number of carbonyl (C=O) groups excluding carboxylic acids is 3. The number of aliphatic hydroxyl groups is 1. The number of phenolic OH excluding ortho intramolecular Hbond substituents is 1. The SMILES string of the molecule is Cn1nccc1-c1ccc(CNC(=O)[C@@H]2C[C@@H](O)CN2C(=O)[C@@H](NC(=O)C2CCC(c3ccc(-c4cnc(N5CCN6c7cc(-c8ccccc8O)nnc7NC[C@H]6C5)nc4)cc3)CC2)C(C)(C)C)cc1. The number of aryl methyl sites for hydroxylation is 1. The summed E-state index contributed by atoms with van der Waals surface area (Å²) in [5, 5.41) is 43.7. The van der Waals surface area contributed by atoms with Crippen LogP contribution in [-0.4, -0.2) is 120 Å². The summed E-state index contributed by atoms with van der Waals surface area (Å²) < 4.78 is 1.80. The lowest BCUT2D eigenvalue weighted by Gasteiger charge is -2.45. The van der Waals surface area contributed by atoms with Gasteiger partial charge in [0.15, 0.2) is 5.82 Å². The van der Waals surface area contributed by atoms with Crippen LogP contribution >= 0.6 is 0 Å². The molecular formula is C54H62N12O5. The maximum atomic E-state index is 14.3. The number of piperazine rings is 1. The van der Waals surface area contributed by atoms with Gasteiger partial charge in [-0.2, -0.15) is 5.10 Å². The van der Waals surface area contributed by atoms with Gasteiger partial charge in [0.2, 0.25) is 23.7 Å². The molecule has 0 unspecified atom stereocenters. The number of rotatable bonds is 11. The molecule has 17 heteroatoms. The number of β-amino-alcohol motifs (C(OH)–C–C–N with tert-alkyl or cyclic N) is 1. The first kappa shape index (κ1) is 47.3. The minimum Gasteiger partial charge on any atom is -0.507 e. The van der Waals surface area contributed by atoms with Crippen molar-refractivity contribution in [3.05, 3.63) is 115 Å². The molecule has 3 aliphatic heterocycles. The highest BCUT2D eigenvalue weighted by Crippen LogP contribution is 2.39. The first-order chi connectivity index (χ1) is 34.3. The largest absolute Gasteiger partial charge is 0.507 e. The molecule has 4 aliphatic rings. The summed E-state index contributed by atoms with van der Waals surface area (Å²) in [7, 11) is 1.89. The number of aromatic nitrogens is 6. The van der Waals surface area contributed by atoms with Gasteiger partial charge in [-0.15, -0.1) is 10.2 Å². The van der Waals surface area contributed by atoms with Gasteiger partial charge in [0.25, 0.3) is 0 Å². The first-order valence-electron chi connectivity index (χ1n) is 24.7. The molecule has 3 aromatic carbocycles. The first-order valence-corrected chi connectivity index (χ1v) is 24.7. The van der Waals surface area contributed by atoms with Crippen molar-refractivity contribution in [2.75, 3.05) is 47.8 Å². The Hall–Kier alpha value is -7.40. The molecule has 4 atom stereocenters. The number of likely N-dealkylation sites (tertiary alicyclic amines) is 1. The second kappa shape index (κ2) is 19.8. The molecule has 3 aromatic heterocycles. The van der Waals surface area contributed by atoms with Crippen molar-refractivity contribution in [1.29, 1.82) is 0 Å². The van der Waals surface area contributed by atoms with Gasteiger partial charge in [-0.05, 0) is 83.5 Å². The topological polar surface area (TPSA) is 207 Å². The summed E-state index contributed by atoms with van der Waals surface area (Å²) in [6.45, 7) is 9.00. The van der Waals surface area contributed by atoms with Crippen LogP contribution in [0.4, 0.5) is 17.5 Å². The Bertz CT molecular complexity index is 2880. The highest BCUT2D eigenvalue weighted by atomic mass is 16.3. The lowest BCUT2D eigenvalue weighted by Crippen LogP contribution is -2.58. The van der Waals surface area contributed by atoms with E-state index >= 15 is 0 Å². The number of hydrogen-bond acceptors (Lipinski definition) is 13. The fourth-order valence-electron chi connectivity index (χ4n) is 10.7. The van der Waals surface area contributed by atoms with Gasteiger partial charge >= 0.3 is 0 Å². The predicted molar refractivity (Wildman–Crippen MR) is 271 cm³/mol. The second-order valence-corrected chi connectivity index (χ2v) is 20.6. The van der Waals surface area contributed by atoms with Gasteiger partial charge in [-0.1, -0.05) is 81.4 Å². The molecule has 1 saturated carbocycles. The highest BCUT2D eigenvalue weighted by Gasteiger charge is 2.45. The predicted octanol–water partition coefficient (Wildman–Crippen LogP) is 5.91. The number of phenols is 1. The Balaban J connectivity index is 0.708. The Morgan fingerprint density at radius 2 is 1.58 bits per heavy atom. The Kier molecular flexibility index (Phi) is 13.2. The van der Waals surface area contributed by atoms with Crippen molar-refractivity contribution >= 4 is 35.2 Å². The zero-order chi connectivity index (χ0) is 49.4. The van der Waals surface area contributed by atoms with Gasteiger partial charge in [0, 0.05) is 88.4 Å². The van der Waals surface area contributed by atoms with Crippen molar-refractivity contribution in [1.82, 2.24) is 45.5 Å². The molecule has 17 nitrogen and oxygen atoms in total. The third-order valence-electron chi connectivity index (χ3n) is 14.8. The number of para-hydroxylation sites is 1. The van der Waals surface area contributed by atoms with Gasteiger partial charge in [0.1, 0.15) is 17.8 Å². The van der Waals surface area contributed by atoms with E-state index in [9.17, 15) is 24.6 Å². The molecule has 1 aliphatic carbocycles. The molecule has 3 fully saturated rings. The number of nitrogens with zero attached hydrogens (tertiary/aromatic N) is 9. The molecule has 368 valence electrons. The average molecular weight is 959 g/mol. The van der Waals surface area contributed by atoms with Gasteiger partial charge in [-0.25, -0.2) is 9.97 Å². The third kappa shape index (κ3) is 10.0. The van der Waals surface area contributed by atoms with E-state index in [4.69, 9.17) is 9.97 Å². The van der Waals surface area contributed by atoms with Gasteiger partial charge < -0.3 is 40.9 Å². The van der Waals surface area contributed by atoms with E-state index < -0.39 is 23.6 Å². The van der Waals surface area contributed by atoms with E-state index in [0.717, 1.165) is 71.9 Å². The molecule has 0 radical (unpaired) electrons. The molecule has 5 N–H and O–H groups in total. The number of nitrogens with one attached hydrogen (secondary N) is 3. The number of benzene rings is 3. The number of fused-ring (bicyclic) bond motifs is 3. The molecular weight excluding hydrogens is 897 g/mol. The lowest BCUT2D eigenvalue weighted by molar-refractivity contribution is -0.144. The van der Waals surface area contributed by atoms with Gasteiger partial charge in [-0.3, -0.25) is 19.1 Å². The van der Waals surface area contributed by atoms with Crippen LogP contribution in [0.5, 0.6) is 5.75 Å². The van der Waals surface area contributed by atoms with Crippen LogP contribution in [0, 0.1) is 11.3 Å². The van der Waals surface area contributed by atoms with Crippen molar-refractivity contribution in [3.63, 3.8) is 0 Å². The van der Waals surface area contributed by atoms with Crippen LogP contribution in [0.25, 0.3) is 33.6 Å². The average Bonchev–Trinajstić information content (AvgIpc) is 4.01. The fraction of sp³-hybridized carbons (Fsp3) is 0.407. The quantitative estimate of drug-likeness (QED) is 0.103. The monoisotopic (exact) mass is 958 g/mol. The zero-order valence-electron chi connectivity index (χ0n) is 40.7. The van der Waals surface area contributed by atoms with Crippen LogP contribution in [0.1, 0.15) is 69.9 Å². The van der Waals surface area contributed by atoms with Gasteiger partial charge in [0.05, 0.1) is 29.2 Å². The van der Waals surface area contributed by atoms with E-state index in [1.807, 2.05) is 88.7 Å². The molecule has 2 saturated heterocycles. The molecule has 6 heterocycles. The maximum Gasteiger partial charge on any atom is 0.246 e. The van der Waals surface area contributed by atoms with E-state index in [1.165, 1.54) is 10.5 Å². The highest BCUT2D eigenvalue weighted by molar-refractivity contribution is 5.93. The maximum absolute atomic E-state index is 14.3. The standard InChI is InChI=1S/C54H62N12O5/c1-54(2,3)48(52(71)66-32-41(67)25-46(66)51(70)56-27-33-9-11-37(12-10-33)44-21-22-59-63(44)4)60-50(69)38-19-17-35(18-20-38)34-13-15-36(16-14-34)39-28-57-53(58-29-39)64-23-24-65-40(31-64)30-55-49-45(65)26-43(61-62-49)42-7-5-6-8-47(42)68/h5-16,21-22,26,28-29,35,38,40-41,46,48,67-68H,17-20,23-25,27,30-32H2,1-4H3,(H,55,62)(H,56,70)(H,60,69)/t35?,38?,40-,41+,46-,48+/m0/s1. The third-order valence-corrected chi connectivity index (χ3v) is 14.8. The zero-order valence-corrected chi connectivity index (χ0v) is 40.7. The number of aromatic hydroxyl groups is 1. The Morgan fingerprint density at radius 3 is 2.28 bits per heavy atom. The summed E-state index contributed by atoms with van der Waals surface area (Å²) in [4.78, 5) is 57.5. The number of hydrogen-bond donors (Lipinski definition) is 5. The molecule has 71 heavy (non-hydrogen) atoms. The van der Waals surface area contributed by atoms with Crippen molar-refractivity contribution in [3.8, 4) is 39.4 Å². The Labute approximate surface area is 413 Å². The smallest absolute Gasteiger partial charge is 0.246 e. The van der Waals surface area contributed by atoms with E-state index in [-0.39, 0.29) is 54.9 Å². The summed E-state index contributed by atoms with van der Waals surface area (Å²) in [6.07, 6.45) is 7.88. The van der Waals surface area contributed by atoms with Crippen molar-refractivity contribution in [2.24, 2.45) is 18.4 Å². The van der Waals surface area contributed by atoms with E-state index in [0.29, 0.717) is 42.5 Å². The summed E-state index contributed by atoms with van der Waals surface area (Å²) in [5.74, 6) is 0.824. The Morgan fingerprint density at radius 1 is 0.845 bits per heavy atom. The minimum absolute atomic E-state index is 0.0236. The minimum atomic E-state index is -0.876. The summed E-state index contributed by atoms with van der Waals surface area (Å²) >= 11 is 0. The number of anilines is 3. The normalized spacial score (nSPS) is 21.4. The van der Waals surface area contributed by atoms with Crippen LogP contribution in [0.3, 0.4) is 0 Å². The van der Waals surface area contributed by atoms with E-state index in [1.54, 1.807) is 23.0 Å². The fourth-order valence-corrected chi connectivity index (χ4v) is 10.7.